The summed E-state index contributed by atoms with van der Waals surface area (Å²) in [6, 6.07) is 9.33. The molecule has 0 bridgehead atoms. The Labute approximate surface area is 152 Å². The van der Waals surface area contributed by atoms with Crippen molar-refractivity contribution in [3.05, 3.63) is 70.5 Å². The van der Waals surface area contributed by atoms with Gasteiger partial charge in [-0.15, -0.1) is 0 Å². The van der Waals surface area contributed by atoms with Crippen molar-refractivity contribution in [1.29, 1.82) is 0 Å². The molecule has 0 fully saturated rings. The Morgan fingerprint density at radius 3 is 2.33 bits per heavy atom. The standard InChI is InChI=1S/C17H13F2N5O3/c1-27-12-5-3-11(4-6-12)22-16-15(24(25)26)17(21-9-20-16)23-14-8-10(18)2-7-13(14)19/h2-9H,1H3,(H2,20,21,22,23). The minimum absolute atomic E-state index is 0.112. The quantitative estimate of drug-likeness (QED) is 0.494. The maximum Gasteiger partial charge on any atom is 0.353 e. The van der Waals surface area contributed by atoms with E-state index in [0.29, 0.717) is 11.4 Å². The molecular formula is C17H13F2N5O3. The number of hydrogen-bond donors (Lipinski definition) is 2. The summed E-state index contributed by atoms with van der Waals surface area (Å²) in [5.41, 5.74) is -0.287. The SMILES string of the molecule is COc1ccc(Nc2ncnc(Nc3cc(F)ccc3F)c2[N+](=O)[O-])cc1. The predicted molar refractivity (Wildman–Crippen MR) is 94.6 cm³/mol. The number of rotatable bonds is 6. The molecule has 8 nitrogen and oxygen atoms in total. The van der Waals surface area contributed by atoms with Crippen LogP contribution in [0.2, 0.25) is 0 Å². The number of hydrogen-bond acceptors (Lipinski definition) is 7. The van der Waals surface area contributed by atoms with Crippen LogP contribution in [0.3, 0.4) is 0 Å². The fourth-order valence-electron chi connectivity index (χ4n) is 2.27. The highest BCUT2D eigenvalue weighted by molar-refractivity contribution is 5.76. The number of nitrogens with one attached hydrogen (secondary N) is 2. The van der Waals surface area contributed by atoms with E-state index < -0.39 is 22.2 Å². The molecule has 0 aliphatic carbocycles. The Morgan fingerprint density at radius 2 is 1.70 bits per heavy atom. The smallest absolute Gasteiger partial charge is 0.353 e. The highest BCUT2D eigenvalue weighted by Gasteiger charge is 2.24. The number of nitrogens with zero attached hydrogens (tertiary/aromatic N) is 3. The largest absolute Gasteiger partial charge is 0.497 e. The number of nitro groups is 1. The molecule has 0 spiro atoms. The monoisotopic (exact) mass is 373 g/mol. The summed E-state index contributed by atoms with van der Waals surface area (Å²) in [5.74, 6) is -1.27. The van der Waals surface area contributed by atoms with Crippen LogP contribution in [0.4, 0.5) is 37.5 Å². The lowest BCUT2D eigenvalue weighted by Crippen LogP contribution is -2.06. The molecule has 1 heterocycles. The van der Waals surface area contributed by atoms with Gasteiger partial charge in [-0.25, -0.2) is 18.7 Å². The Bertz CT molecular complexity index is 983. The maximum atomic E-state index is 13.8. The minimum Gasteiger partial charge on any atom is -0.497 e. The zero-order chi connectivity index (χ0) is 19.4. The van der Waals surface area contributed by atoms with Gasteiger partial charge < -0.3 is 15.4 Å². The van der Waals surface area contributed by atoms with Crippen molar-refractivity contribution in [2.24, 2.45) is 0 Å². The molecule has 0 radical (unpaired) electrons. The molecule has 2 N–H and O–H groups in total. The summed E-state index contributed by atoms with van der Waals surface area (Å²) in [4.78, 5) is 18.5. The van der Waals surface area contributed by atoms with Crippen LogP contribution in [0, 0.1) is 21.7 Å². The predicted octanol–water partition coefficient (Wildman–Crippen LogP) is 4.16. The minimum atomic E-state index is -0.783. The van der Waals surface area contributed by atoms with Crippen LogP contribution in [0.15, 0.2) is 48.8 Å². The Balaban J connectivity index is 1.96. The molecule has 0 unspecified atom stereocenters. The van der Waals surface area contributed by atoms with Crippen LogP contribution in [-0.4, -0.2) is 22.0 Å². The highest BCUT2D eigenvalue weighted by Crippen LogP contribution is 2.33. The molecule has 0 saturated heterocycles. The van der Waals surface area contributed by atoms with Gasteiger partial charge in [0.25, 0.3) is 0 Å². The van der Waals surface area contributed by atoms with E-state index in [2.05, 4.69) is 20.6 Å². The van der Waals surface area contributed by atoms with Crippen molar-refractivity contribution in [3.63, 3.8) is 0 Å². The molecule has 2 aromatic carbocycles. The van der Waals surface area contributed by atoms with Crippen molar-refractivity contribution < 1.29 is 18.4 Å². The number of methoxy groups -OCH3 is 1. The fraction of sp³-hybridized carbons (Fsp3) is 0.0588. The first-order valence-electron chi connectivity index (χ1n) is 7.60. The van der Waals surface area contributed by atoms with Gasteiger partial charge in [0.05, 0.1) is 17.7 Å². The lowest BCUT2D eigenvalue weighted by atomic mass is 10.2. The van der Waals surface area contributed by atoms with Gasteiger partial charge in [0, 0.05) is 11.8 Å². The Hall–Kier alpha value is -3.82. The zero-order valence-corrected chi connectivity index (χ0v) is 13.9. The van der Waals surface area contributed by atoms with Crippen molar-refractivity contribution in [2.45, 2.75) is 0 Å². The molecule has 27 heavy (non-hydrogen) atoms. The molecule has 0 aliphatic rings. The van der Waals surface area contributed by atoms with E-state index in [4.69, 9.17) is 4.74 Å². The molecule has 10 heteroatoms. The second-order valence-corrected chi connectivity index (χ2v) is 5.28. The molecule has 0 atom stereocenters. The maximum absolute atomic E-state index is 13.8. The molecule has 3 rings (SSSR count). The van der Waals surface area contributed by atoms with E-state index in [1.165, 1.54) is 7.11 Å². The van der Waals surface area contributed by atoms with Crippen LogP contribution in [0.1, 0.15) is 0 Å². The van der Waals surface area contributed by atoms with Crippen LogP contribution in [0.25, 0.3) is 0 Å². The van der Waals surface area contributed by atoms with Gasteiger partial charge in [-0.3, -0.25) is 10.1 Å². The zero-order valence-electron chi connectivity index (χ0n) is 13.9. The molecule has 1 aromatic heterocycles. The third-order valence-corrected chi connectivity index (χ3v) is 3.54. The average Bonchev–Trinajstić information content (AvgIpc) is 2.65. The molecule has 0 aliphatic heterocycles. The molecule has 138 valence electrons. The van der Waals surface area contributed by atoms with E-state index in [0.717, 1.165) is 24.5 Å². The van der Waals surface area contributed by atoms with Gasteiger partial charge in [-0.2, -0.15) is 0 Å². The second-order valence-electron chi connectivity index (χ2n) is 5.28. The van der Waals surface area contributed by atoms with Gasteiger partial charge in [0.1, 0.15) is 23.7 Å². The number of halogens is 2. The number of benzene rings is 2. The summed E-state index contributed by atoms with van der Waals surface area (Å²) >= 11 is 0. The first kappa shape index (κ1) is 18.0. The third-order valence-electron chi connectivity index (χ3n) is 3.54. The topological polar surface area (TPSA) is 102 Å². The fourth-order valence-corrected chi connectivity index (χ4v) is 2.27. The van der Waals surface area contributed by atoms with Crippen molar-refractivity contribution in [3.8, 4) is 5.75 Å². The van der Waals surface area contributed by atoms with Crippen LogP contribution in [-0.2, 0) is 0 Å². The summed E-state index contributed by atoms with van der Waals surface area (Å²) in [7, 11) is 1.52. The van der Waals surface area contributed by atoms with Crippen molar-refractivity contribution >= 4 is 28.7 Å². The van der Waals surface area contributed by atoms with Crippen LogP contribution < -0.4 is 15.4 Å². The van der Waals surface area contributed by atoms with E-state index in [9.17, 15) is 18.9 Å². The number of ether oxygens (including phenoxy) is 1. The van der Waals surface area contributed by atoms with E-state index in [1.807, 2.05) is 0 Å². The summed E-state index contributed by atoms with van der Waals surface area (Å²) in [5, 5.41) is 16.8. The van der Waals surface area contributed by atoms with Gasteiger partial charge in [-0.05, 0) is 36.4 Å². The summed E-state index contributed by atoms with van der Waals surface area (Å²) < 4.78 is 32.2. The van der Waals surface area contributed by atoms with Gasteiger partial charge in [0.15, 0.2) is 0 Å². The van der Waals surface area contributed by atoms with Gasteiger partial charge in [0.2, 0.25) is 11.6 Å². The molecule has 3 aromatic rings. The Kier molecular flexibility index (Phi) is 5.06. The van der Waals surface area contributed by atoms with E-state index in [-0.39, 0.29) is 17.3 Å². The van der Waals surface area contributed by atoms with Crippen LogP contribution >= 0.6 is 0 Å². The lowest BCUT2D eigenvalue weighted by molar-refractivity contribution is -0.383. The first-order valence-corrected chi connectivity index (χ1v) is 7.60. The number of aromatic nitrogens is 2. The van der Waals surface area contributed by atoms with Crippen molar-refractivity contribution in [1.82, 2.24) is 9.97 Å². The molecule has 0 amide bonds. The van der Waals surface area contributed by atoms with Gasteiger partial charge in [-0.1, -0.05) is 0 Å². The second kappa shape index (κ2) is 7.60. The van der Waals surface area contributed by atoms with E-state index in [1.54, 1.807) is 24.3 Å². The van der Waals surface area contributed by atoms with Crippen LogP contribution in [0.5, 0.6) is 5.75 Å². The summed E-state index contributed by atoms with van der Waals surface area (Å²) in [6.45, 7) is 0. The van der Waals surface area contributed by atoms with Gasteiger partial charge >= 0.3 is 5.69 Å². The average molecular weight is 373 g/mol. The Morgan fingerprint density at radius 1 is 1.04 bits per heavy atom. The molecular weight excluding hydrogens is 360 g/mol. The first-order chi connectivity index (χ1) is 13.0. The van der Waals surface area contributed by atoms with Crippen molar-refractivity contribution in [2.75, 3.05) is 17.7 Å². The molecule has 0 saturated carbocycles. The highest BCUT2D eigenvalue weighted by atomic mass is 19.1. The normalized spacial score (nSPS) is 10.3. The van der Waals surface area contributed by atoms with E-state index >= 15 is 0 Å². The number of anilines is 4. The lowest BCUT2D eigenvalue weighted by Gasteiger charge is -2.11. The third kappa shape index (κ3) is 4.06. The summed E-state index contributed by atoms with van der Waals surface area (Å²) in [6.07, 6.45) is 1.07.